The van der Waals surface area contributed by atoms with Gasteiger partial charge in [0.2, 0.25) is 5.91 Å². The Morgan fingerprint density at radius 2 is 2.14 bits per heavy atom. The highest BCUT2D eigenvalue weighted by Crippen LogP contribution is 2.36. The number of thiophene rings is 1. The zero-order valence-electron chi connectivity index (χ0n) is 19.1. The summed E-state index contributed by atoms with van der Waals surface area (Å²) in [6.07, 6.45) is 1.88. The van der Waals surface area contributed by atoms with Gasteiger partial charge in [0.25, 0.3) is 5.91 Å². The molecule has 4 aromatic rings. The van der Waals surface area contributed by atoms with Gasteiger partial charge in [-0.25, -0.2) is 10.4 Å². The molecule has 0 radical (unpaired) electrons. The van der Waals surface area contributed by atoms with Gasteiger partial charge in [0.1, 0.15) is 18.1 Å². The molecule has 11 heteroatoms. The second-order valence-corrected chi connectivity index (χ2v) is 11.1. The van der Waals surface area contributed by atoms with E-state index < -0.39 is 0 Å². The molecule has 5 rings (SSSR count). The van der Waals surface area contributed by atoms with E-state index in [-0.39, 0.29) is 30.7 Å². The van der Waals surface area contributed by atoms with Gasteiger partial charge in [-0.1, -0.05) is 23.7 Å². The predicted molar refractivity (Wildman–Crippen MR) is 145 cm³/mol. The summed E-state index contributed by atoms with van der Waals surface area (Å²) in [7, 11) is 1.55. The molecule has 1 unspecified atom stereocenters. The molecule has 0 spiro atoms. The van der Waals surface area contributed by atoms with Crippen molar-refractivity contribution in [3.63, 3.8) is 0 Å². The van der Waals surface area contributed by atoms with E-state index in [0.717, 1.165) is 19.7 Å². The average Bonchev–Trinajstić information content (AvgIpc) is 3.56. The van der Waals surface area contributed by atoms with E-state index in [0.29, 0.717) is 28.8 Å². The summed E-state index contributed by atoms with van der Waals surface area (Å²) in [5.74, 6) is 0.731. The number of hydrazone groups is 1. The minimum Gasteiger partial charge on any atom is -0.495 e. The second kappa shape index (κ2) is 10.4. The largest absolute Gasteiger partial charge is 0.495 e. The lowest BCUT2D eigenvalue weighted by Crippen LogP contribution is -2.26. The molecule has 0 saturated carbocycles. The molecule has 1 atom stereocenters. The third-order valence-corrected chi connectivity index (χ3v) is 7.75. The summed E-state index contributed by atoms with van der Waals surface area (Å²) in [4.78, 5) is 33.2. The van der Waals surface area contributed by atoms with Crippen LogP contribution < -0.4 is 15.1 Å². The molecule has 1 aliphatic heterocycles. The maximum absolute atomic E-state index is 13.0. The minimum absolute atomic E-state index is 0.0282. The van der Waals surface area contributed by atoms with Gasteiger partial charge in [0.15, 0.2) is 0 Å². The van der Waals surface area contributed by atoms with Gasteiger partial charge in [0, 0.05) is 29.4 Å². The van der Waals surface area contributed by atoms with Crippen molar-refractivity contribution in [1.29, 1.82) is 0 Å². The summed E-state index contributed by atoms with van der Waals surface area (Å²) < 4.78 is 8.08. The maximum Gasteiger partial charge on any atom is 0.260 e. The molecule has 0 aliphatic carbocycles. The number of aromatic nitrogens is 2. The number of amides is 2. The molecule has 1 N–H and O–H groups in total. The summed E-state index contributed by atoms with van der Waals surface area (Å²) in [5.41, 5.74) is 4.88. The first-order valence-corrected chi connectivity index (χ1v) is 13.1. The number of hydrogen-bond donors (Lipinski definition) is 1. The number of nitrogens with one attached hydrogen (secondary N) is 1. The number of methoxy groups -OCH3 is 1. The monoisotopic (exact) mass is 585 g/mol. The SMILES string of the molecule is COc1ccc(N2CC(c3nc4ccccc4n3CC(=O)N/N=C/c3ccc(Br)s3)CC2=O)cc1Cl. The second-order valence-electron chi connectivity index (χ2n) is 8.20. The fourth-order valence-electron chi connectivity index (χ4n) is 4.27. The standard InChI is InChI=1S/C25H21BrClN5O3S/c1-35-21-8-6-16(11-18(21)27)31-13-15(10-24(31)34)25-29-19-4-2-3-5-20(19)32(25)14-23(33)30-28-12-17-7-9-22(26)36-17/h2-9,11-12,15H,10,13-14H2,1H3,(H,30,33)/b28-12+. The topological polar surface area (TPSA) is 88.8 Å². The number of ether oxygens (including phenoxy) is 1. The predicted octanol–water partition coefficient (Wildman–Crippen LogP) is 5.19. The van der Waals surface area contributed by atoms with Gasteiger partial charge in [-0.05, 0) is 58.4 Å². The Hall–Kier alpha value is -3.21. The first-order valence-electron chi connectivity index (χ1n) is 11.1. The molecule has 1 saturated heterocycles. The molecule has 2 aromatic heterocycles. The zero-order valence-corrected chi connectivity index (χ0v) is 22.3. The van der Waals surface area contributed by atoms with Crippen LogP contribution in [0.15, 0.2) is 63.5 Å². The third kappa shape index (κ3) is 5.02. The molecule has 3 heterocycles. The number of imidazole rings is 1. The number of para-hydroxylation sites is 2. The van der Waals surface area contributed by atoms with Gasteiger partial charge in [-0.3, -0.25) is 9.59 Å². The molecular weight excluding hydrogens is 566 g/mol. The molecule has 2 amide bonds. The Labute approximate surface area is 224 Å². The zero-order chi connectivity index (χ0) is 25.2. The van der Waals surface area contributed by atoms with Crippen molar-refractivity contribution in [3.05, 3.63) is 74.1 Å². The number of carbonyl (C=O) groups excluding carboxylic acids is 2. The Bertz CT molecular complexity index is 1480. The lowest BCUT2D eigenvalue weighted by molar-refractivity contribution is -0.121. The highest BCUT2D eigenvalue weighted by Gasteiger charge is 2.35. The number of hydrogen-bond acceptors (Lipinski definition) is 6. The quantitative estimate of drug-likeness (QED) is 0.238. The average molecular weight is 587 g/mol. The fraction of sp³-hybridized carbons (Fsp3) is 0.200. The van der Waals surface area contributed by atoms with Crippen molar-refractivity contribution in [2.75, 3.05) is 18.6 Å². The van der Waals surface area contributed by atoms with Crippen molar-refractivity contribution in [2.45, 2.75) is 18.9 Å². The van der Waals surface area contributed by atoms with E-state index in [1.165, 1.54) is 11.3 Å². The van der Waals surface area contributed by atoms with E-state index in [9.17, 15) is 9.59 Å². The van der Waals surface area contributed by atoms with Gasteiger partial charge < -0.3 is 14.2 Å². The van der Waals surface area contributed by atoms with Crippen LogP contribution in [0.4, 0.5) is 5.69 Å². The first-order chi connectivity index (χ1) is 17.4. The van der Waals surface area contributed by atoms with Crippen molar-refractivity contribution in [2.24, 2.45) is 5.10 Å². The van der Waals surface area contributed by atoms with Crippen LogP contribution in [0.2, 0.25) is 5.02 Å². The first kappa shape index (κ1) is 24.5. The highest BCUT2D eigenvalue weighted by atomic mass is 79.9. The third-order valence-electron chi connectivity index (χ3n) is 5.90. The fourth-order valence-corrected chi connectivity index (χ4v) is 5.82. The smallest absolute Gasteiger partial charge is 0.260 e. The minimum atomic E-state index is -0.283. The van der Waals surface area contributed by atoms with E-state index in [1.54, 1.807) is 30.4 Å². The van der Waals surface area contributed by atoms with Crippen LogP contribution in [0.5, 0.6) is 5.75 Å². The van der Waals surface area contributed by atoms with Gasteiger partial charge in [-0.15, -0.1) is 11.3 Å². The Morgan fingerprint density at radius 1 is 1.31 bits per heavy atom. The van der Waals surface area contributed by atoms with Gasteiger partial charge in [0.05, 0.1) is 33.2 Å². The maximum atomic E-state index is 13.0. The van der Waals surface area contributed by atoms with Gasteiger partial charge >= 0.3 is 0 Å². The molecule has 1 fully saturated rings. The molecule has 8 nitrogen and oxygen atoms in total. The van der Waals surface area contributed by atoms with E-state index >= 15 is 0 Å². The van der Waals surface area contributed by atoms with Crippen LogP contribution >= 0.6 is 38.9 Å². The summed E-state index contributed by atoms with van der Waals surface area (Å²) in [5, 5.41) is 4.51. The summed E-state index contributed by atoms with van der Waals surface area (Å²) in [6, 6.07) is 16.7. The van der Waals surface area contributed by atoms with E-state index in [1.807, 2.05) is 47.0 Å². The Morgan fingerprint density at radius 3 is 2.89 bits per heavy atom. The van der Waals surface area contributed by atoms with Gasteiger partial charge in [-0.2, -0.15) is 5.10 Å². The van der Waals surface area contributed by atoms with Crippen LogP contribution in [0, 0.1) is 0 Å². The lowest BCUT2D eigenvalue weighted by Gasteiger charge is -2.18. The highest BCUT2D eigenvalue weighted by molar-refractivity contribution is 9.11. The number of anilines is 1. The molecular formula is C25H21BrClN5O3S. The molecule has 36 heavy (non-hydrogen) atoms. The summed E-state index contributed by atoms with van der Waals surface area (Å²) >= 11 is 11.2. The normalized spacial score (nSPS) is 15.8. The van der Waals surface area contributed by atoms with Crippen molar-refractivity contribution in [3.8, 4) is 5.75 Å². The molecule has 2 aromatic carbocycles. The van der Waals surface area contributed by atoms with Crippen LogP contribution in [0.25, 0.3) is 11.0 Å². The number of rotatable bonds is 7. The van der Waals surface area contributed by atoms with Crippen molar-refractivity contribution < 1.29 is 14.3 Å². The molecule has 1 aliphatic rings. The number of halogens is 2. The van der Waals surface area contributed by atoms with Crippen LogP contribution in [0.1, 0.15) is 23.0 Å². The number of nitrogens with zero attached hydrogens (tertiary/aromatic N) is 4. The van der Waals surface area contributed by atoms with Crippen molar-refractivity contribution >= 4 is 73.6 Å². The Balaban J connectivity index is 1.38. The number of fused-ring (bicyclic) bond motifs is 1. The van der Waals surface area contributed by atoms with Crippen molar-refractivity contribution in [1.82, 2.24) is 15.0 Å². The van der Waals surface area contributed by atoms with Crippen LogP contribution in [0.3, 0.4) is 0 Å². The molecule has 0 bridgehead atoms. The number of carbonyl (C=O) groups is 2. The lowest BCUT2D eigenvalue weighted by atomic mass is 10.1. The summed E-state index contributed by atoms with van der Waals surface area (Å²) in [6.45, 7) is 0.457. The molecule has 184 valence electrons. The van der Waals surface area contributed by atoms with E-state index in [4.69, 9.17) is 21.3 Å². The number of benzene rings is 2. The Kier molecular flexibility index (Phi) is 7.08. The van der Waals surface area contributed by atoms with Crippen LogP contribution in [-0.4, -0.2) is 41.2 Å². The van der Waals surface area contributed by atoms with E-state index in [2.05, 4.69) is 26.5 Å². The van der Waals surface area contributed by atoms with Crippen LogP contribution in [-0.2, 0) is 16.1 Å².